The van der Waals surface area contributed by atoms with Crippen LogP contribution in [-0.4, -0.2) is 64.8 Å². The molecule has 7 heteroatoms. The van der Waals surface area contributed by atoms with Gasteiger partial charge in [-0.1, -0.05) is 17.7 Å². The van der Waals surface area contributed by atoms with Crippen LogP contribution in [0.5, 0.6) is 0 Å². The van der Waals surface area contributed by atoms with E-state index in [4.69, 9.17) is 9.57 Å². The number of amides is 1. The third-order valence-corrected chi connectivity index (χ3v) is 6.65. The van der Waals surface area contributed by atoms with E-state index < -0.39 is 5.54 Å². The van der Waals surface area contributed by atoms with E-state index >= 15 is 0 Å². The van der Waals surface area contributed by atoms with Gasteiger partial charge >= 0.3 is 0 Å². The zero-order valence-electron chi connectivity index (χ0n) is 18.1. The molecule has 164 valence electrons. The van der Waals surface area contributed by atoms with Gasteiger partial charge in [-0.05, 0) is 63.1 Å². The molecule has 1 spiro atoms. The second-order valence-electron chi connectivity index (χ2n) is 8.96. The molecule has 2 fully saturated rings. The molecule has 30 heavy (non-hydrogen) atoms. The van der Waals surface area contributed by atoms with Gasteiger partial charge in [0.15, 0.2) is 0 Å². The minimum atomic E-state index is -0.940. The molecule has 0 aromatic heterocycles. The highest BCUT2D eigenvalue weighted by Crippen LogP contribution is 2.46. The summed E-state index contributed by atoms with van der Waals surface area (Å²) in [4.78, 5) is 19.7. The average molecular weight is 417 g/mol. The average Bonchev–Trinajstić information content (AvgIpc) is 2.90. The summed E-state index contributed by atoms with van der Waals surface area (Å²) in [5.41, 5.74) is 3.20. The topological polar surface area (TPSA) is 82.5 Å². The van der Waals surface area contributed by atoms with Crippen LogP contribution in [0.15, 0.2) is 17.9 Å². The van der Waals surface area contributed by atoms with Crippen molar-refractivity contribution in [2.75, 3.05) is 32.9 Å². The van der Waals surface area contributed by atoms with Crippen LogP contribution in [0.1, 0.15) is 47.9 Å². The molecule has 0 bridgehead atoms. The molecule has 0 aliphatic carbocycles. The lowest BCUT2D eigenvalue weighted by Crippen LogP contribution is -2.55. The van der Waals surface area contributed by atoms with Crippen molar-refractivity contribution < 1.29 is 24.7 Å². The van der Waals surface area contributed by atoms with Crippen molar-refractivity contribution in [2.45, 2.75) is 52.0 Å². The quantitative estimate of drug-likeness (QED) is 0.784. The van der Waals surface area contributed by atoms with Crippen LogP contribution in [0, 0.1) is 26.7 Å². The number of rotatable bonds is 4. The number of hydroxylamine groups is 4. The number of hydrogen-bond acceptors (Lipinski definition) is 6. The van der Waals surface area contributed by atoms with Crippen LogP contribution in [0.25, 0.3) is 5.57 Å². The first-order chi connectivity index (χ1) is 14.3. The third kappa shape index (κ3) is 3.64. The van der Waals surface area contributed by atoms with Crippen molar-refractivity contribution in [3.8, 4) is 0 Å². The predicted octanol–water partition coefficient (Wildman–Crippen LogP) is 3.31. The summed E-state index contributed by atoms with van der Waals surface area (Å²) in [7, 11) is 0. The van der Waals surface area contributed by atoms with Gasteiger partial charge in [-0.15, -0.1) is 0 Å². The second kappa shape index (κ2) is 8.30. The molecule has 1 unspecified atom stereocenters. The highest BCUT2D eigenvalue weighted by atomic mass is 16.7. The Balaban J connectivity index is 1.70. The zero-order valence-corrected chi connectivity index (χ0v) is 18.1. The molecule has 0 saturated carbocycles. The molecule has 1 amide bonds. The smallest absolute Gasteiger partial charge is 0.282 e. The van der Waals surface area contributed by atoms with E-state index in [0.29, 0.717) is 44.7 Å². The summed E-state index contributed by atoms with van der Waals surface area (Å²) < 4.78 is 5.55. The number of carbonyl (C=O) groups is 1. The van der Waals surface area contributed by atoms with Crippen LogP contribution in [0.3, 0.4) is 0 Å². The summed E-state index contributed by atoms with van der Waals surface area (Å²) in [6.45, 7) is 8.46. The van der Waals surface area contributed by atoms with Crippen molar-refractivity contribution in [3.63, 3.8) is 0 Å². The highest BCUT2D eigenvalue weighted by molar-refractivity contribution is 6.23. The number of carbonyl (C=O) groups excluding carboxylic acids is 1. The van der Waals surface area contributed by atoms with Crippen LogP contribution in [-0.2, 0) is 14.4 Å². The maximum atomic E-state index is 13.6. The molecule has 0 radical (unpaired) electrons. The molecule has 1 aromatic carbocycles. The summed E-state index contributed by atoms with van der Waals surface area (Å²) in [5.74, 6) is -0.00297. The van der Waals surface area contributed by atoms with Gasteiger partial charge in [0.2, 0.25) is 0 Å². The van der Waals surface area contributed by atoms with Crippen molar-refractivity contribution in [2.24, 2.45) is 5.92 Å². The van der Waals surface area contributed by atoms with Crippen LogP contribution in [0.2, 0.25) is 0 Å². The highest BCUT2D eigenvalue weighted by Gasteiger charge is 2.55. The Morgan fingerprint density at radius 1 is 1.20 bits per heavy atom. The van der Waals surface area contributed by atoms with E-state index in [-0.39, 0.29) is 17.6 Å². The Labute approximate surface area is 177 Å². The number of aryl methyl sites for hydroxylation is 3. The monoisotopic (exact) mass is 416 g/mol. The van der Waals surface area contributed by atoms with Gasteiger partial charge in [0.05, 0.1) is 18.8 Å². The first kappa shape index (κ1) is 21.3. The Hall–Kier alpha value is -1.93. The maximum Gasteiger partial charge on any atom is 0.282 e. The van der Waals surface area contributed by atoms with Crippen molar-refractivity contribution in [3.05, 3.63) is 40.1 Å². The summed E-state index contributed by atoms with van der Waals surface area (Å²) in [6, 6.07) is 4.06. The fourth-order valence-corrected chi connectivity index (χ4v) is 5.13. The standard InChI is InChI=1S/C23H32N2O5/c1-15-11-16(2)19(17(3)12-15)20-21(26)23(6-8-24(28)9-7-23)25(22(20)27)30-14-18-5-4-10-29-13-18/h11-12,18,26,28H,4-10,13-14H2,1-3H3. The van der Waals surface area contributed by atoms with E-state index in [1.54, 1.807) is 0 Å². The third-order valence-electron chi connectivity index (χ3n) is 6.65. The lowest BCUT2D eigenvalue weighted by atomic mass is 9.85. The molecule has 1 atom stereocenters. The fourth-order valence-electron chi connectivity index (χ4n) is 5.13. The van der Waals surface area contributed by atoms with Gasteiger partial charge in [0.25, 0.3) is 5.91 Å². The lowest BCUT2D eigenvalue weighted by molar-refractivity contribution is -0.235. The minimum absolute atomic E-state index is 0.0653. The number of nitrogens with zero attached hydrogens (tertiary/aromatic N) is 2. The van der Waals surface area contributed by atoms with Crippen LogP contribution >= 0.6 is 0 Å². The van der Waals surface area contributed by atoms with Gasteiger partial charge in [0, 0.05) is 25.6 Å². The Morgan fingerprint density at radius 3 is 2.47 bits per heavy atom. The SMILES string of the molecule is Cc1cc(C)c(C2=C(O)C3(CCN(O)CC3)N(OCC3CCCOC3)C2=O)c(C)c1. The molecule has 3 heterocycles. The molecule has 7 nitrogen and oxygen atoms in total. The molecular weight excluding hydrogens is 384 g/mol. The van der Waals surface area contributed by atoms with Crippen molar-refractivity contribution >= 4 is 11.5 Å². The number of piperidine rings is 1. The summed E-state index contributed by atoms with van der Waals surface area (Å²) >= 11 is 0. The molecule has 2 N–H and O–H groups in total. The molecule has 4 rings (SSSR count). The van der Waals surface area contributed by atoms with Gasteiger partial charge < -0.3 is 15.1 Å². The number of benzene rings is 1. The number of hydrogen-bond donors (Lipinski definition) is 2. The van der Waals surface area contributed by atoms with E-state index in [9.17, 15) is 15.1 Å². The van der Waals surface area contributed by atoms with Gasteiger partial charge in [-0.2, -0.15) is 5.06 Å². The number of aliphatic hydroxyl groups excluding tert-OH is 1. The van der Waals surface area contributed by atoms with Gasteiger partial charge in [-0.3, -0.25) is 9.63 Å². The van der Waals surface area contributed by atoms with Gasteiger partial charge in [0.1, 0.15) is 11.3 Å². The lowest BCUT2D eigenvalue weighted by Gasteiger charge is -2.42. The van der Waals surface area contributed by atoms with E-state index in [1.165, 1.54) is 10.1 Å². The summed E-state index contributed by atoms with van der Waals surface area (Å²) in [6.07, 6.45) is 2.82. The van der Waals surface area contributed by atoms with Gasteiger partial charge in [-0.25, -0.2) is 5.06 Å². The minimum Gasteiger partial charge on any atom is -0.509 e. The van der Waals surface area contributed by atoms with E-state index in [2.05, 4.69) is 0 Å². The fraction of sp³-hybridized carbons (Fsp3) is 0.609. The van der Waals surface area contributed by atoms with Crippen LogP contribution in [0.4, 0.5) is 0 Å². The van der Waals surface area contributed by atoms with Crippen molar-refractivity contribution in [1.29, 1.82) is 0 Å². The van der Waals surface area contributed by atoms with E-state index in [0.717, 1.165) is 41.7 Å². The van der Waals surface area contributed by atoms with Crippen LogP contribution < -0.4 is 0 Å². The molecule has 1 aromatic rings. The Kier molecular flexibility index (Phi) is 5.90. The number of ether oxygens (including phenoxy) is 1. The largest absolute Gasteiger partial charge is 0.509 e. The molecule has 3 aliphatic heterocycles. The maximum absolute atomic E-state index is 13.6. The second-order valence-corrected chi connectivity index (χ2v) is 8.96. The predicted molar refractivity (Wildman–Crippen MR) is 112 cm³/mol. The zero-order chi connectivity index (χ0) is 21.5. The Bertz CT molecular complexity index is 828. The molecule has 2 saturated heterocycles. The van der Waals surface area contributed by atoms with Crippen molar-refractivity contribution in [1.82, 2.24) is 10.1 Å². The number of aliphatic hydroxyl groups is 1. The first-order valence-corrected chi connectivity index (χ1v) is 10.8. The Morgan fingerprint density at radius 2 is 1.87 bits per heavy atom. The molecule has 3 aliphatic rings. The van der Waals surface area contributed by atoms with E-state index in [1.807, 2.05) is 32.9 Å². The first-order valence-electron chi connectivity index (χ1n) is 10.8. The summed E-state index contributed by atoms with van der Waals surface area (Å²) in [5, 5.41) is 23.9. The normalized spacial score (nSPS) is 24.9. The molecular formula is C23H32N2O5.